The van der Waals surface area contributed by atoms with Gasteiger partial charge in [-0.3, -0.25) is 9.59 Å². The number of Topliss-reactive ketones (excluding diaryl/α,β-unsaturated/α-hetero) is 1. The fraction of sp³-hybridized carbons (Fsp3) is 0.500. The third kappa shape index (κ3) is 3.17. The van der Waals surface area contributed by atoms with E-state index in [9.17, 15) is 9.59 Å². The number of allylic oxidation sites excluding steroid dienone is 2. The molecule has 0 aromatic carbocycles. The molecule has 56 valence electrons. The second-order valence-electron chi connectivity index (χ2n) is 2.04. The van der Waals surface area contributed by atoms with Crippen molar-refractivity contribution in [3.8, 4) is 0 Å². The first-order chi connectivity index (χ1) is 4.72. The van der Waals surface area contributed by atoms with E-state index in [0.717, 1.165) is 6.42 Å². The molecule has 0 atom stereocenters. The van der Waals surface area contributed by atoms with Gasteiger partial charge in [0.2, 0.25) is 11.6 Å². The quantitative estimate of drug-likeness (QED) is 0.438. The van der Waals surface area contributed by atoms with E-state index in [1.165, 1.54) is 6.08 Å². The molecule has 0 unspecified atom stereocenters. The molecule has 0 saturated heterocycles. The van der Waals surface area contributed by atoms with E-state index >= 15 is 0 Å². The standard InChI is InChI=1S/C8H12O2/c1-3-5-7(9)8(10)6-4-2/h3,5H,4,6H2,1-2H3/b5-3+. The van der Waals surface area contributed by atoms with Crippen LogP contribution in [0, 0.1) is 0 Å². The highest BCUT2D eigenvalue weighted by atomic mass is 16.2. The van der Waals surface area contributed by atoms with E-state index in [0.29, 0.717) is 6.42 Å². The van der Waals surface area contributed by atoms with Gasteiger partial charge in [0.15, 0.2) is 0 Å². The predicted octanol–water partition coefficient (Wildman–Crippen LogP) is 1.50. The maximum atomic E-state index is 10.7. The summed E-state index contributed by atoms with van der Waals surface area (Å²) in [5.41, 5.74) is 0. The lowest BCUT2D eigenvalue weighted by Gasteiger charge is -1.89. The van der Waals surface area contributed by atoms with Crippen molar-refractivity contribution in [2.75, 3.05) is 0 Å². The smallest absolute Gasteiger partial charge is 0.221 e. The Bertz CT molecular complexity index is 157. The zero-order chi connectivity index (χ0) is 7.98. The summed E-state index contributed by atoms with van der Waals surface area (Å²) in [7, 11) is 0. The van der Waals surface area contributed by atoms with Gasteiger partial charge in [0.05, 0.1) is 0 Å². The Hall–Kier alpha value is -0.920. The minimum absolute atomic E-state index is 0.291. The van der Waals surface area contributed by atoms with E-state index < -0.39 is 0 Å². The lowest BCUT2D eigenvalue weighted by atomic mass is 10.1. The molecule has 0 spiro atoms. The normalized spacial score (nSPS) is 10.2. The second-order valence-corrected chi connectivity index (χ2v) is 2.04. The predicted molar refractivity (Wildman–Crippen MR) is 39.7 cm³/mol. The first-order valence-corrected chi connectivity index (χ1v) is 3.42. The van der Waals surface area contributed by atoms with Crippen molar-refractivity contribution in [3.63, 3.8) is 0 Å². The summed E-state index contributed by atoms with van der Waals surface area (Å²) in [4.78, 5) is 21.4. The van der Waals surface area contributed by atoms with Crippen molar-refractivity contribution in [2.24, 2.45) is 0 Å². The number of hydrogen-bond acceptors (Lipinski definition) is 2. The zero-order valence-corrected chi connectivity index (χ0v) is 6.39. The molecule has 0 heterocycles. The number of hydrogen-bond donors (Lipinski definition) is 0. The van der Waals surface area contributed by atoms with Crippen LogP contribution in [0.1, 0.15) is 26.7 Å². The number of carbonyl (C=O) groups is 2. The van der Waals surface area contributed by atoms with Crippen LogP contribution in [0.4, 0.5) is 0 Å². The highest BCUT2D eigenvalue weighted by Crippen LogP contribution is 1.91. The van der Waals surface area contributed by atoms with E-state index in [1.807, 2.05) is 6.92 Å². The minimum atomic E-state index is -0.385. The average molecular weight is 140 g/mol. The van der Waals surface area contributed by atoms with Crippen LogP contribution >= 0.6 is 0 Å². The van der Waals surface area contributed by atoms with Crippen LogP contribution in [0.15, 0.2) is 12.2 Å². The molecular weight excluding hydrogens is 128 g/mol. The molecule has 10 heavy (non-hydrogen) atoms. The van der Waals surface area contributed by atoms with Gasteiger partial charge in [0.25, 0.3) is 0 Å². The molecule has 0 aliphatic heterocycles. The van der Waals surface area contributed by atoms with E-state index in [2.05, 4.69) is 0 Å². The molecule has 0 amide bonds. The molecule has 2 nitrogen and oxygen atoms in total. The summed E-state index contributed by atoms with van der Waals surface area (Å²) in [5, 5.41) is 0. The SMILES string of the molecule is C/C=C/C(=O)C(=O)CCC. The first kappa shape index (κ1) is 9.08. The Balaban J connectivity index is 3.83. The maximum absolute atomic E-state index is 10.7. The van der Waals surface area contributed by atoms with Gasteiger partial charge in [0, 0.05) is 6.42 Å². The largest absolute Gasteiger partial charge is 0.291 e. The molecule has 0 aliphatic carbocycles. The lowest BCUT2D eigenvalue weighted by Crippen LogP contribution is -2.09. The Morgan fingerprint density at radius 2 is 2.00 bits per heavy atom. The molecule has 0 aromatic rings. The lowest BCUT2D eigenvalue weighted by molar-refractivity contribution is -0.133. The highest BCUT2D eigenvalue weighted by Gasteiger charge is 2.06. The average Bonchev–Trinajstić information content (AvgIpc) is 1.89. The van der Waals surface area contributed by atoms with Crippen LogP contribution in [0.2, 0.25) is 0 Å². The van der Waals surface area contributed by atoms with E-state index in [1.54, 1.807) is 13.0 Å². The second kappa shape index (κ2) is 4.91. The number of carbonyl (C=O) groups excluding carboxylic acids is 2. The fourth-order valence-electron chi connectivity index (χ4n) is 0.595. The summed E-state index contributed by atoms with van der Waals surface area (Å²) in [6.45, 7) is 3.60. The van der Waals surface area contributed by atoms with Crippen molar-refractivity contribution in [2.45, 2.75) is 26.7 Å². The maximum Gasteiger partial charge on any atom is 0.221 e. The molecule has 0 N–H and O–H groups in total. The van der Waals surface area contributed by atoms with Crippen LogP contribution in [-0.2, 0) is 9.59 Å². The Morgan fingerprint density at radius 1 is 1.40 bits per heavy atom. The third-order valence-corrected chi connectivity index (χ3v) is 1.07. The van der Waals surface area contributed by atoms with E-state index in [-0.39, 0.29) is 11.6 Å². The molecule has 0 radical (unpaired) electrons. The van der Waals surface area contributed by atoms with Crippen LogP contribution < -0.4 is 0 Å². The van der Waals surface area contributed by atoms with Crippen molar-refractivity contribution >= 4 is 11.6 Å². The Morgan fingerprint density at radius 3 is 2.40 bits per heavy atom. The van der Waals surface area contributed by atoms with Gasteiger partial charge in [-0.1, -0.05) is 13.0 Å². The topological polar surface area (TPSA) is 34.1 Å². The Labute approximate surface area is 60.9 Å². The molecule has 0 fully saturated rings. The number of ketones is 2. The van der Waals surface area contributed by atoms with Gasteiger partial charge in [-0.2, -0.15) is 0 Å². The summed E-state index contributed by atoms with van der Waals surface area (Å²) in [6, 6.07) is 0. The van der Waals surface area contributed by atoms with Gasteiger partial charge in [-0.25, -0.2) is 0 Å². The molecule has 0 aliphatic rings. The third-order valence-electron chi connectivity index (χ3n) is 1.07. The van der Waals surface area contributed by atoms with Crippen molar-refractivity contribution < 1.29 is 9.59 Å². The summed E-state index contributed by atoms with van der Waals surface area (Å²) < 4.78 is 0. The van der Waals surface area contributed by atoms with Gasteiger partial charge in [-0.05, 0) is 19.4 Å². The van der Waals surface area contributed by atoms with E-state index in [4.69, 9.17) is 0 Å². The molecule has 0 bridgehead atoms. The van der Waals surface area contributed by atoms with Crippen LogP contribution in [0.25, 0.3) is 0 Å². The van der Waals surface area contributed by atoms with Crippen LogP contribution in [0.5, 0.6) is 0 Å². The van der Waals surface area contributed by atoms with Crippen molar-refractivity contribution in [1.82, 2.24) is 0 Å². The number of rotatable bonds is 4. The summed E-state index contributed by atoms with van der Waals surface area (Å²) in [5.74, 6) is -0.676. The first-order valence-electron chi connectivity index (χ1n) is 3.42. The molecule has 0 saturated carbocycles. The van der Waals surface area contributed by atoms with Gasteiger partial charge >= 0.3 is 0 Å². The summed E-state index contributed by atoms with van der Waals surface area (Å²) in [6.07, 6.45) is 3.99. The molecule has 0 rings (SSSR count). The Kier molecular flexibility index (Phi) is 4.46. The van der Waals surface area contributed by atoms with Crippen molar-refractivity contribution in [3.05, 3.63) is 12.2 Å². The van der Waals surface area contributed by atoms with Crippen molar-refractivity contribution in [1.29, 1.82) is 0 Å². The highest BCUT2D eigenvalue weighted by molar-refractivity contribution is 6.41. The monoisotopic (exact) mass is 140 g/mol. The molecular formula is C8H12O2. The summed E-state index contributed by atoms with van der Waals surface area (Å²) >= 11 is 0. The van der Waals surface area contributed by atoms with Gasteiger partial charge in [-0.15, -0.1) is 0 Å². The molecule has 0 aromatic heterocycles. The zero-order valence-electron chi connectivity index (χ0n) is 6.39. The minimum Gasteiger partial charge on any atom is -0.291 e. The molecule has 2 heteroatoms. The van der Waals surface area contributed by atoms with Gasteiger partial charge in [0.1, 0.15) is 0 Å². The fourth-order valence-corrected chi connectivity index (χ4v) is 0.595. The van der Waals surface area contributed by atoms with Crippen LogP contribution in [-0.4, -0.2) is 11.6 Å². The van der Waals surface area contributed by atoms with Gasteiger partial charge < -0.3 is 0 Å². The van der Waals surface area contributed by atoms with Crippen LogP contribution in [0.3, 0.4) is 0 Å².